The smallest absolute Gasteiger partial charge is 0.255 e. The van der Waals surface area contributed by atoms with Crippen molar-refractivity contribution < 1.29 is 14.3 Å². The van der Waals surface area contributed by atoms with Gasteiger partial charge in [0.2, 0.25) is 0 Å². The number of carbonyl (C=O) groups is 2. The Bertz CT molecular complexity index is 819. The molecule has 0 radical (unpaired) electrons. The molecule has 0 spiro atoms. The van der Waals surface area contributed by atoms with E-state index >= 15 is 0 Å². The van der Waals surface area contributed by atoms with Gasteiger partial charge in [-0.05, 0) is 63.4 Å². The first-order valence-corrected chi connectivity index (χ1v) is 8.73. The van der Waals surface area contributed by atoms with Crippen LogP contribution in [0.4, 0.5) is 11.4 Å². The number of pyridine rings is 1. The van der Waals surface area contributed by atoms with Gasteiger partial charge in [-0.2, -0.15) is 0 Å². The van der Waals surface area contributed by atoms with E-state index in [1.165, 1.54) is 0 Å². The molecule has 0 saturated carbocycles. The Hall–Kier alpha value is -2.73. The average Bonchev–Trinajstić information content (AvgIpc) is 3.13. The van der Waals surface area contributed by atoms with Crippen LogP contribution in [0.1, 0.15) is 40.2 Å². The number of anilines is 2. The van der Waals surface area contributed by atoms with Gasteiger partial charge in [0, 0.05) is 23.6 Å². The van der Waals surface area contributed by atoms with E-state index in [0.717, 1.165) is 35.5 Å². The average molecular weight is 353 g/mol. The van der Waals surface area contributed by atoms with E-state index in [2.05, 4.69) is 15.6 Å². The Morgan fingerprint density at radius 3 is 2.65 bits per heavy atom. The number of rotatable bonds is 4. The first-order valence-electron chi connectivity index (χ1n) is 8.73. The number of amides is 2. The second-order valence-corrected chi connectivity index (χ2v) is 6.57. The van der Waals surface area contributed by atoms with Crippen LogP contribution in [0, 0.1) is 20.8 Å². The van der Waals surface area contributed by atoms with Crippen molar-refractivity contribution in [3.05, 3.63) is 52.8 Å². The Morgan fingerprint density at radius 2 is 1.96 bits per heavy atom. The summed E-state index contributed by atoms with van der Waals surface area (Å²) in [6.45, 7) is 6.35. The maximum atomic E-state index is 12.6. The van der Waals surface area contributed by atoms with Gasteiger partial charge in [-0.15, -0.1) is 0 Å². The van der Waals surface area contributed by atoms with Crippen molar-refractivity contribution in [3.8, 4) is 0 Å². The lowest BCUT2D eigenvalue weighted by Gasteiger charge is -2.13. The van der Waals surface area contributed by atoms with Crippen molar-refractivity contribution in [2.24, 2.45) is 0 Å². The molecule has 0 bridgehead atoms. The highest BCUT2D eigenvalue weighted by atomic mass is 16.5. The van der Waals surface area contributed by atoms with E-state index in [0.29, 0.717) is 17.9 Å². The van der Waals surface area contributed by atoms with E-state index in [4.69, 9.17) is 4.74 Å². The predicted molar refractivity (Wildman–Crippen MR) is 100 cm³/mol. The largest absolute Gasteiger partial charge is 0.368 e. The number of nitrogens with one attached hydrogen (secondary N) is 2. The predicted octanol–water partition coefficient (Wildman–Crippen LogP) is 3.38. The van der Waals surface area contributed by atoms with Crippen LogP contribution >= 0.6 is 0 Å². The maximum Gasteiger partial charge on any atom is 0.255 e. The summed E-state index contributed by atoms with van der Waals surface area (Å²) in [6.07, 6.45) is 1.21. The summed E-state index contributed by atoms with van der Waals surface area (Å²) < 4.78 is 5.38. The molecule has 0 aliphatic carbocycles. The molecule has 0 unspecified atom stereocenters. The molecular formula is C20H23N3O3. The molecule has 2 amide bonds. The van der Waals surface area contributed by atoms with Crippen molar-refractivity contribution in [1.82, 2.24) is 4.98 Å². The van der Waals surface area contributed by atoms with Crippen molar-refractivity contribution in [1.29, 1.82) is 0 Å². The number of ether oxygens (including phenoxy) is 1. The third-order valence-electron chi connectivity index (χ3n) is 4.38. The molecule has 1 atom stereocenters. The SMILES string of the molecule is Cc1cc(C)c(NC(=O)c2cccc(NC(=O)[C@@H]3CCCO3)c2)c(C)n1. The zero-order valence-corrected chi connectivity index (χ0v) is 15.3. The van der Waals surface area contributed by atoms with Crippen LogP contribution in [0.3, 0.4) is 0 Å². The van der Waals surface area contributed by atoms with Gasteiger partial charge in [-0.3, -0.25) is 14.6 Å². The first kappa shape index (κ1) is 18.1. The van der Waals surface area contributed by atoms with Gasteiger partial charge in [-0.25, -0.2) is 0 Å². The third kappa shape index (κ3) is 4.08. The highest BCUT2D eigenvalue weighted by molar-refractivity contribution is 6.06. The normalized spacial score (nSPS) is 16.3. The van der Waals surface area contributed by atoms with E-state index in [1.54, 1.807) is 24.3 Å². The van der Waals surface area contributed by atoms with Crippen LogP contribution in [0.15, 0.2) is 30.3 Å². The lowest BCUT2D eigenvalue weighted by atomic mass is 10.1. The molecule has 1 aromatic heterocycles. The van der Waals surface area contributed by atoms with Gasteiger partial charge < -0.3 is 15.4 Å². The van der Waals surface area contributed by atoms with E-state index in [-0.39, 0.29) is 11.8 Å². The minimum absolute atomic E-state index is 0.172. The fraction of sp³-hybridized carbons (Fsp3) is 0.350. The van der Waals surface area contributed by atoms with Gasteiger partial charge in [-0.1, -0.05) is 6.07 Å². The summed E-state index contributed by atoms with van der Waals surface area (Å²) in [6, 6.07) is 8.80. The minimum atomic E-state index is -0.406. The van der Waals surface area contributed by atoms with Crippen LogP contribution in [-0.2, 0) is 9.53 Å². The van der Waals surface area contributed by atoms with E-state index in [9.17, 15) is 9.59 Å². The molecule has 2 N–H and O–H groups in total. The highest BCUT2D eigenvalue weighted by Gasteiger charge is 2.23. The molecule has 136 valence electrons. The molecule has 1 saturated heterocycles. The van der Waals surface area contributed by atoms with Crippen LogP contribution in [0.25, 0.3) is 0 Å². The zero-order valence-electron chi connectivity index (χ0n) is 15.3. The quantitative estimate of drug-likeness (QED) is 0.883. The molecular weight excluding hydrogens is 330 g/mol. The zero-order chi connectivity index (χ0) is 18.7. The summed E-state index contributed by atoms with van der Waals surface area (Å²) >= 11 is 0. The molecule has 26 heavy (non-hydrogen) atoms. The number of carbonyl (C=O) groups excluding carboxylic acids is 2. The van der Waals surface area contributed by atoms with Gasteiger partial charge in [0.15, 0.2) is 0 Å². The van der Waals surface area contributed by atoms with Crippen LogP contribution in [0.2, 0.25) is 0 Å². The Morgan fingerprint density at radius 1 is 1.15 bits per heavy atom. The fourth-order valence-electron chi connectivity index (χ4n) is 3.14. The molecule has 6 heteroatoms. The Labute approximate surface area is 153 Å². The minimum Gasteiger partial charge on any atom is -0.368 e. The monoisotopic (exact) mass is 353 g/mol. The third-order valence-corrected chi connectivity index (χ3v) is 4.38. The molecule has 3 rings (SSSR count). The lowest BCUT2D eigenvalue weighted by Crippen LogP contribution is -2.27. The molecule has 1 fully saturated rings. The topological polar surface area (TPSA) is 80.3 Å². The highest BCUT2D eigenvalue weighted by Crippen LogP contribution is 2.21. The fourth-order valence-corrected chi connectivity index (χ4v) is 3.14. The van der Waals surface area contributed by atoms with Crippen LogP contribution in [0.5, 0.6) is 0 Å². The van der Waals surface area contributed by atoms with Gasteiger partial charge in [0.1, 0.15) is 6.10 Å². The Kier molecular flexibility index (Phi) is 5.32. The molecule has 2 heterocycles. The molecule has 6 nitrogen and oxygen atoms in total. The molecule has 1 aromatic carbocycles. The maximum absolute atomic E-state index is 12.6. The molecule has 1 aliphatic rings. The van der Waals surface area contributed by atoms with Crippen molar-refractivity contribution in [2.45, 2.75) is 39.7 Å². The number of hydrogen-bond donors (Lipinski definition) is 2. The van der Waals surface area contributed by atoms with Gasteiger partial charge in [0.05, 0.1) is 11.4 Å². The first-order chi connectivity index (χ1) is 12.4. The number of benzene rings is 1. The standard InChI is InChI=1S/C20H23N3O3/c1-12-10-13(2)21-14(3)18(12)23-19(24)15-6-4-7-16(11-15)22-20(25)17-8-5-9-26-17/h4,6-7,10-11,17H,5,8-9H2,1-3H3,(H,22,25)(H,23,24)/t17-/m0/s1. The van der Waals surface area contributed by atoms with Crippen LogP contribution in [-0.4, -0.2) is 29.5 Å². The molecule has 1 aliphatic heterocycles. The number of hydrogen-bond acceptors (Lipinski definition) is 4. The number of aryl methyl sites for hydroxylation is 3. The summed E-state index contributed by atoms with van der Waals surface area (Å²) in [5, 5.41) is 5.74. The number of nitrogens with zero attached hydrogens (tertiary/aromatic N) is 1. The summed E-state index contributed by atoms with van der Waals surface area (Å²) in [7, 11) is 0. The van der Waals surface area contributed by atoms with E-state index in [1.807, 2.05) is 26.8 Å². The van der Waals surface area contributed by atoms with Gasteiger partial charge in [0.25, 0.3) is 11.8 Å². The van der Waals surface area contributed by atoms with Crippen molar-refractivity contribution in [3.63, 3.8) is 0 Å². The number of aromatic nitrogens is 1. The lowest BCUT2D eigenvalue weighted by molar-refractivity contribution is -0.124. The second kappa shape index (κ2) is 7.66. The van der Waals surface area contributed by atoms with E-state index < -0.39 is 6.10 Å². The Balaban J connectivity index is 1.73. The summed E-state index contributed by atoms with van der Waals surface area (Å²) in [5.74, 6) is -0.412. The summed E-state index contributed by atoms with van der Waals surface area (Å²) in [4.78, 5) is 29.2. The van der Waals surface area contributed by atoms with Crippen molar-refractivity contribution >= 4 is 23.2 Å². The molecule has 2 aromatic rings. The van der Waals surface area contributed by atoms with Crippen molar-refractivity contribution in [2.75, 3.05) is 17.2 Å². The van der Waals surface area contributed by atoms with Crippen LogP contribution < -0.4 is 10.6 Å². The summed E-state index contributed by atoms with van der Waals surface area (Å²) in [5.41, 5.74) is 4.42. The second-order valence-electron chi connectivity index (χ2n) is 6.57. The van der Waals surface area contributed by atoms with Gasteiger partial charge >= 0.3 is 0 Å².